The zero-order valence-electron chi connectivity index (χ0n) is 24.4. The molecule has 2 aromatic rings. The number of piperazine rings is 1. The van der Waals surface area contributed by atoms with Crippen LogP contribution in [0, 0.1) is 17.8 Å². The highest BCUT2D eigenvalue weighted by atomic mass is 32.1. The molecule has 2 aliphatic carbocycles. The lowest BCUT2D eigenvalue weighted by Gasteiger charge is -2.35. The number of likely N-dealkylation sites (tertiary alicyclic amines) is 1. The van der Waals surface area contributed by atoms with Crippen LogP contribution in [0.1, 0.15) is 66.8 Å². The molecule has 5 aliphatic rings. The number of likely N-dealkylation sites (N-methyl/N-ethyl adjacent to an activating group) is 1. The first-order chi connectivity index (χ1) is 20.4. The summed E-state index contributed by atoms with van der Waals surface area (Å²) in [4.78, 5) is 52.1. The molecule has 3 aliphatic heterocycles. The number of carbonyl (C=O) groups is 3. The predicted molar refractivity (Wildman–Crippen MR) is 162 cm³/mol. The molecule has 9 nitrogen and oxygen atoms in total. The fourth-order valence-electron chi connectivity index (χ4n) is 7.84. The number of hydrogen-bond donors (Lipinski definition) is 1. The topological polar surface area (TPSA) is 109 Å². The molecular formula is C32H41N5O4S. The standard InChI is InChI=1S/C32H41N5O4S/c1-35-11-13-36(14-12-35)32-34-25(18-42-32)21-9-10-22(30(33)39)23(15-21)27(20-5-3-2-4-6-20)31(40)37-16-24(19-7-8-19)29-28(37)26(38)17-41-29/h9-10,15,18-20,24,27-29H,2-8,11-14,16-17H2,1H3,(H2,33,39)/t24-,27+,28-,29-/m1/s1. The van der Waals surface area contributed by atoms with Crippen molar-refractivity contribution in [2.24, 2.45) is 23.5 Å². The van der Waals surface area contributed by atoms with Crippen molar-refractivity contribution in [3.05, 3.63) is 34.7 Å². The Hall–Kier alpha value is -2.82. The van der Waals surface area contributed by atoms with Gasteiger partial charge in [-0.1, -0.05) is 25.3 Å². The molecule has 5 fully saturated rings. The van der Waals surface area contributed by atoms with Crippen molar-refractivity contribution in [3.63, 3.8) is 0 Å². The van der Waals surface area contributed by atoms with Crippen molar-refractivity contribution in [1.29, 1.82) is 0 Å². The van der Waals surface area contributed by atoms with E-state index in [0.29, 0.717) is 23.6 Å². The number of nitrogens with zero attached hydrogens (tertiary/aromatic N) is 4. The molecular weight excluding hydrogens is 550 g/mol. The highest BCUT2D eigenvalue weighted by Gasteiger charge is 2.57. The summed E-state index contributed by atoms with van der Waals surface area (Å²) >= 11 is 1.63. The maximum absolute atomic E-state index is 14.7. The summed E-state index contributed by atoms with van der Waals surface area (Å²) < 4.78 is 5.98. The van der Waals surface area contributed by atoms with E-state index >= 15 is 0 Å². The maximum atomic E-state index is 14.7. The number of benzene rings is 1. The molecule has 0 radical (unpaired) electrons. The number of hydrogen-bond acceptors (Lipinski definition) is 8. The monoisotopic (exact) mass is 591 g/mol. The van der Waals surface area contributed by atoms with Crippen LogP contribution in [0.4, 0.5) is 5.13 Å². The Morgan fingerprint density at radius 2 is 1.83 bits per heavy atom. The Bertz CT molecular complexity index is 1360. The Labute approximate surface area is 251 Å². The predicted octanol–water partition coefficient (Wildman–Crippen LogP) is 3.53. The Morgan fingerprint density at radius 3 is 2.55 bits per heavy atom. The van der Waals surface area contributed by atoms with Gasteiger partial charge in [0.25, 0.3) is 0 Å². The zero-order valence-corrected chi connectivity index (χ0v) is 25.2. The lowest BCUT2D eigenvalue weighted by Crippen LogP contribution is -2.46. The van der Waals surface area contributed by atoms with Gasteiger partial charge in [0.05, 0.1) is 17.7 Å². The largest absolute Gasteiger partial charge is 0.367 e. The first-order valence-electron chi connectivity index (χ1n) is 15.7. The summed E-state index contributed by atoms with van der Waals surface area (Å²) in [5, 5.41) is 3.06. The van der Waals surface area contributed by atoms with Crippen molar-refractivity contribution < 1.29 is 19.1 Å². The maximum Gasteiger partial charge on any atom is 0.249 e. The highest BCUT2D eigenvalue weighted by Crippen LogP contribution is 2.48. The van der Waals surface area contributed by atoms with Crippen LogP contribution in [0.25, 0.3) is 11.3 Å². The van der Waals surface area contributed by atoms with E-state index in [1.165, 1.54) is 0 Å². The molecule has 0 bridgehead atoms. The molecule has 2 amide bonds. The molecule has 7 rings (SSSR count). The normalized spacial score (nSPS) is 27.8. The highest BCUT2D eigenvalue weighted by molar-refractivity contribution is 7.14. The Morgan fingerprint density at radius 1 is 1.07 bits per heavy atom. The third kappa shape index (κ3) is 5.15. The van der Waals surface area contributed by atoms with Gasteiger partial charge < -0.3 is 25.2 Å². The number of anilines is 1. The van der Waals surface area contributed by atoms with Crippen LogP contribution in [0.5, 0.6) is 0 Å². The number of thiazole rings is 1. The summed E-state index contributed by atoms with van der Waals surface area (Å²) in [7, 11) is 2.14. The SMILES string of the molecule is CN1CCN(c2nc(-c3ccc(C(N)=O)c([C@@H](C(=O)N4C[C@H](C5CC5)[C@H]5OCC(=O)[C@H]54)C4CCCCC4)c3)cs2)CC1. The molecule has 2 saturated carbocycles. The van der Waals surface area contributed by atoms with E-state index < -0.39 is 17.9 Å². The molecule has 224 valence electrons. The summed E-state index contributed by atoms with van der Waals surface area (Å²) in [5.74, 6) is -0.281. The molecule has 0 spiro atoms. The fourth-order valence-corrected chi connectivity index (χ4v) is 8.73. The van der Waals surface area contributed by atoms with Gasteiger partial charge in [-0.05, 0) is 62.3 Å². The first-order valence-corrected chi connectivity index (χ1v) is 16.5. The molecule has 4 heterocycles. The van der Waals surface area contributed by atoms with Crippen molar-refractivity contribution in [2.45, 2.75) is 63.0 Å². The average Bonchev–Trinajstić information content (AvgIpc) is 3.41. The second-order valence-corrected chi connectivity index (χ2v) is 13.9. The number of rotatable bonds is 7. The summed E-state index contributed by atoms with van der Waals surface area (Å²) in [5.41, 5.74) is 8.75. The molecule has 42 heavy (non-hydrogen) atoms. The number of nitrogens with two attached hydrogens (primary N) is 1. The van der Waals surface area contributed by atoms with Gasteiger partial charge in [-0.25, -0.2) is 4.98 Å². The summed E-state index contributed by atoms with van der Waals surface area (Å²) in [6.45, 7) is 4.53. The van der Waals surface area contributed by atoms with Crippen LogP contribution in [-0.2, 0) is 14.3 Å². The number of Topliss-reactive ketones (excluding diaryl/α,β-unsaturated/α-hetero) is 1. The van der Waals surface area contributed by atoms with Gasteiger partial charge in [0.2, 0.25) is 11.8 Å². The van der Waals surface area contributed by atoms with Gasteiger partial charge >= 0.3 is 0 Å². The Balaban J connectivity index is 1.25. The van der Waals surface area contributed by atoms with E-state index in [9.17, 15) is 14.4 Å². The lowest BCUT2D eigenvalue weighted by atomic mass is 9.74. The number of carbonyl (C=O) groups excluding carboxylic acids is 3. The van der Waals surface area contributed by atoms with E-state index in [1.54, 1.807) is 17.4 Å². The average molecular weight is 592 g/mol. The number of ketones is 1. The third-order valence-corrected chi connectivity index (χ3v) is 11.2. The van der Waals surface area contributed by atoms with Crippen LogP contribution < -0.4 is 10.6 Å². The van der Waals surface area contributed by atoms with Gasteiger partial charge in [-0.15, -0.1) is 11.3 Å². The minimum absolute atomic E-state index is 0.00155. The smallest absolute Gasteiger partial charge is 0.249 e. The van der Waals surface area contributed by atoms with E-state index in [1.807, 2.05) is 17.0 Å². The van der Waals surface area contributed by atoms with Crippen molar-refractivity contribution in [1.82, 2.24) is 14.8 Å². The lowest BCUT2D eigenvalue weighted by molar-refractivity contribution is -0.139. The van der Waals surface area contributed by atoms with Gasteiger partial charge in [0.1, 0.15) is 12.6 Å². The van der Waals surface area contributed by atoms with Gasteiger partial charge in [0.15, 0.2) is 10.9 Å². The number of amides is 2. The second-order valence-electron chi connectivity index (χ2n) is 13.0. The van der Waals surface area contributed by atoms with Gasteiger partial charge in [0, 0.05) is 55.1 Å². The number of aromatic nitrogens is 1. The van der Waals surface area contributed by atoms with Crippen LogP contribution in [0.3, 0.4) is 0 Å². The second kappa shape index (κ2) is 11.4. The van der Waals surface area contributed by atoms with E-state index in [0.717, 1.165) is 87.5 Å². The van der Waals surface area contributed by atoms with Gasteiger partial charge in [-0.2, -0.15) is 0 Å². The number of ether oxygens (including phenoxy) is 1. The molecule has 1 aromatic carbocycles. The van der Waals surface area contributed by atoms with Gasteiger partial charge in [-0.3, -0.25) is 14.4 Å². The Kier molecular flexibility index (Phi) is 7.56. The molecule has 4 atom stereocenters. The van der Waals surface area contributed by atoms with Crippen LogP contribution in [-0.4, -0.2) is 90.9 Å². The molecule has 0 unspecified atom stereocenters. The third-order valence-electron chi connectivity index (χ3n) is 10.3. The summed E-state index contributed by atoms with van der Waals surface area (Å²) in [6, 6.07) is 5.14. The quantitative estimate of drug-likeness (QED) is 0.525. The first kappa shape index (κ1) is 28.0. The minimum atomic E-state index is -0.532. The zero-order chi connectivity index (χ0) is 29.0. The summed E-state index contributed by atoms with van der Waals surface area (Å²) in [6.07, 6.45) is 7.17. The molecule has 10 heteroatoms. The van der Waals surface area contributed by atoms with E-state index in [-0.39, 0.29) is 36.2 Å². The molecule has 1 aromatic heterocycles. The number of primary amides is 1. The van der Waals surface area contributed by atoms with E-state index in [4.69, 9.17) is 15.5 Å². The van der Waals surface area contributed by atoms with Crippen LogP contribution in [0.2, 0.25) is 0 Å². The van der Waals surface area contributed by atoms with Crippen LogP contribution in [0.15, 0.2) is 23.6 Å². The molecule has 2 N–H and O–H groups in total. The molecule has 3 saturated heterocycles. The van der Waals surface area contributed by atoms with E-state index in [2.05, 4.69) is 22.2 Å². The number of fused-ring (bicyclic) bond motifs is 1. The van der Waals surface area contributed by atoms with Crippen molar-refractivity contribution >= 4 is 34.1 Å². The van der Waals surface area contributed by atoms with Crippen molar-refractivity contribution in [2.75, 3.05) is 51.3 Å². The fraction of sp³-hybridized carbons (Fsp3) is 0.625. The minimum Gasteiger partial charge on any atom is -0.367 e. The van der Waals surface area contributed by atoms with Crippen LogP contribution >= 0.6 is 11.3 Å². The van der Waals surface area contributed by atoms with Crippen molar-refractivity contribution in [3.8, 4) is 11.3 Å².